The summed E-state index contributed by atoms with van der Waals surface area (Å²) in [5, 5.41) is 10.8. The van der Waals surface area contributed by atoms with Gasteiger partial charge < -0.3 is 9.84 Å². The first-order valence-corrected chi connectivity index (χ1v) is 10.2. The molecule has 0 saturated carbocycles. The molecule has 4 rings (SSSR count). The molecule has 27 heavy (non-hydrogen) atoms. The highest BCUT2D eigenvalue weighted by Gasteiger charge is 2.36. The second kappa shape index (κ2) is 6.40. The zero-order valence-electron chi connectivity index (χ0n) is 13.6. The fourth-order valence-corrected chi connectivity index (χ4v) is 5.56. The summed E-state index contributed by atoms with van der Waals surface area (Å²) in [5.41, 5.74) is 0.757. The first-order chi connectivity index (χ1) is 12.8. The fourth-order valence-electron chi connectivity index (χ4n) is 3.16. The molecule has 140 valence electrons. The number of ether oxygens (including phenoxy) is 1. The zero-order valence-corrected chi connectivity index (χ0v) is 16.0. The number of pyridine rings is 1. The van der Waals surface area contributed by atoms with Gasteiger partial charge in [0, 0.05) is 11.8 Å². The number of hydrogen-bond donors (Lipinski definition) is 1. The lowest BCUT2D eigenvalue weighted by atomic mass is 10.1. The number of aromatic nitrogens is 1. The van der Waals surface area contributed by atoms with Crippen molar-refractivity contribution in [2.45, 2.75) is 5.75 Å². The molecule has 1 N–H and O–H groups in total. The van der Waals surface area contributed by atoms with Crippen LogP contribution in [0.4, 0.5) is 10.5 Å². The minimum atomic E-state index is -3.90. The van der Waals surface area contributed by atoms with Crippen molar-refractivity contribution in [1.82, 2.24) is 4.98 Å². The Hall–Kier alpha value is -2.29. The molecule has 1 aromatic heterocycles. The molecule has 2 aromatic rings. The first kappa shape index (κ1) is 18.1. The Morgan fingerprint density at radius 1 is 1.22 bits per heavy atom. The molecule has 2 aliphatic rings. The van der Waals surface area contributed by atoms with Gasteiger partial charge in [0.1, 0.15) is 17.2 Å². The van der Waals surface area contributed by atoms with Crippen LogP contribution in [-0.2, 0) is 20.3 Å². The number of rotatable bonds is 2. The van der Waals surface area contributed by atoms with Crippen LogP contribution in [0, 0.1) is 0 Å². The number of carbonyl (C=O) groups excluding carboxylic acids is 1. The number of amides is 1. The quantitative estimate of drug-likeness (QED) is 0.786. The lowest BCUT2D eigenvalue weighted by molar-refractivity contribution is 0.181. The second-order valence-corrected chi connectivity index (χ2v) is 8.68. The smallest absolute Gasteiger partial charge is 0.414 e. The molecule has 10 heteroatoms. The second-order valence-electron chi connectivity index (χ2n) is 5.97. The van der Waals surface area contributed by atoms with Gasteiger partial charge in [-0.05, 0) is 17.7 Å². The molecule has 0 bridgehead atoms. The third-order valence-corrected chi connectivity index (χ3v) is 6.74. The third kappa shape index (κ3) is 2.84. The van der Waals surface area contributed by atoms with Crippen LogP contribution in [0.25, 0.3) is 10.7 Å². The Bertz CT molecular complexity index is 1110. The van der Waals surface area contributed by atoms with Crippen LogP contribution in [0.15, 0.2) is 30.5 Å². The predicted molar refractivity (Wildman–Crippen MR) is 101 cm³/mol. The van der Waals surface area contributed by atoms with Gasteiger partial charge >= 0.3 is 6.09 Å². The van der Waals surface area contributed by atoms with E-state index in [1.165, 1.54) is 23.2 Å². The Morgan fingerprint density at radius 2 is 2.00 bits per heavy atom. The highest BCUT2D eigenvalue weighted by Crippen LogP contribution is 2.45. The summed E-state index contributed by atoms with van der Waals surface area (Å²) >= 11 is 12.6. The summed E-state index contributed by atoms with van der Waals surface area (Å²) in [6, 6.07) is 6.00. The van der Waals surface area contributed by atoms with Gasteiger partial charge in [0.15, 0.2) is 15.6 Å². The summed E-state index contributed by atoms with van der Waals surface area (Å²) in [6.07, 6.45) is 0.826. The van der Waals surface area contributed by atoms with E-state index in [4.69, 9.17) is 27.9 Å². The van der Waals surface area contributed by atoms with Crippen molar-refractivity contribution in [3.05, 3.63) is 57.3 Å². The van der Waals surface area contributed by atoms with Crippen LogP contribution < -0.4 is 4.90 Å². The maximum absolute atomic E-state index is 12.8. The molecule has 1 aromatic carbocycles. The van der Waals surface area contributed by atoms with Gasteiger partial charge in [-0.1, -0.05) is 35.3 Å². The number of cyclic esters (lactones) is 1. The molecule has 1 amide bonds. The van der Waals surface area contributed by atoms with E-state index in [-0.39, 0.29) is 50.8 Å². The van der Waals surface area contributed by atoms with Crippen LogP contribution in [-0.4, -0.2) is 37.8 Å². The molecule has 3 heterocycles. The first-order valence-electron chi connectivity index (χ1n) is 7.84. The van der Waals surface area contributed by atoms with E-state index in [9.17, 15) is 18.3 Å². The third-order valence-electron chi connectivity index (χ3n) is 4.33. The minimum Gasteiger partial charge on any atom is -0.504 e. The number of halogens is 2. The van der Waals surface area contributed by atoms with Crippen molar-refractivity contribution in [2.24, 2.45) is 0 Å². The number of fused-ring (bicyclic) bond motifs is 1. The molecule has 1 fully saturated rings. The molecule has 0 atom stereocenters. The van der Waals surface area contributed by atoms with Crippen molar-refractivity contribution >= 4 is 55.5 Å². The summed E-state index contributed by atoms with van der Waals surface area (Å²) in [6.45, 7) is 0.392. The Balaban J connectivity index is 1.97. The SMILES string of the molecule is O=C1OCCN1c1c(Cl)ccc(C2=C(O)c3ncccc3CS2(=O)=O)c1Cl. The molecule has 0 spiro atoms. The van der Waals surface area contributed by atoms with E-state index >= 15 is 0 Å². The van der Waals surface area contributed by atoms with Crippen LogP contribution >= 0.6 is 23.2 Å². The molecular formula is C17H12Cl2N2O5S. The summed E-state index contributed by atoms with van der Waals surface area (Å²) in [4.78, 5) is 16.9. The average Bonchev–Trinajstić information content (AvgIpc) is 3.02. The maximum atomic E-state index is 12.8. The summed E-state index contributed by atoms with van der Waals surface area (Å²) in [5.74, 6) is -0.814. The number of hydrogen-bond acceptors (Lipinski definition) is 6. The minimum absolute atomic E-state index is 0.0459. The largest absolute Gasteiger partial charge is 0.504 e. The normalized spacial score (nSPS) is 18.4. The van der Waals surface area contributed by atoms with Gasteiger partial charge in [0.2, 0.25) is 0 Å². The van der Waals surface area contributed by atoms with Gasteiger partial charge in [0.05, 0.1) is 28.0 Å². The van der Waals surface area contributed by atoms with Crippen molar-refractivity contribution in [3.63, 3.8) is 0 Å². The standard InChI is InChI=1S/C17H12Cl2N2O5S/c18-11-4-3-10(12(19)14(11)21-6-7-26-17(21)23)16-15(22)13-9(2-1-5-20-13)8-27(16,24)25/h1-5,22H,6-8H2. The van der Waals surface area contributed by atoms with Crippen LogP contribution in [0.2, 0.25) is 10.0 Å². The predicted octanol–water partition coefficient (Wildman–Crippen LogP) is 3.66. The Labute approximate surface area is 164 Å². The number of sulfone groups is 1. The van der Waals surface area contributed by atoms with Crippen molar-refractivity contribution in [1.29, 1.82) is 0 Å². The number of aliphatic hydroxyl groups is 1. The van der Waals surface area contributed by atoms with E-state index in [0.29, 0.717) is 5.56 Å². The molecule has 0 aliphatic carbocycles. The zero-order chi connectivity index (χ0) is 19.3. The van der Waals surface area contributed by atoms with Crippen LogP contribution in [0.3, 0.4) is 0 Å². The number of nitrogens with zero attached hydrogens (tertiary/aromatic N) is 2. The molecular weight excluding hydrogens is 415 g/mol. The highest BCUT2D eigenvalue weighted by molar-refractivity contribution is 8.00. The lowest BCUT2D eigenvalue weighted by Crippen LogP contribution is -2.24. The van der Waals surface area contributed by atoms with Gasteiger partial charge in [-0.2, -0.15) is 0 Å². The van der Waals surface area contributed by atoms with Crippen molar-refractivity contribution in [2.75, 3.05) is 18.1 Å². The van der Waals surface area contributed by atoms with Crippen molar-refractivity contribution < 1.29 is 23.1 Å². The Kier molecular flexibility index (Phi) is 4.29. The molecule has 7 nitrogen and oxygen atoms in total. The number of carbonyl (C=O) groups is 1. The van der Waals surface area contributed by atoms with E-state index in [0.717, 1.165) is 0 Å². The molecule has 1 saturated heterocycles. The average molecular weight is 427 g/mol. The van der Waals surface area contributed by atoms with Gasteiger partial charge in [0.25, 0.3) is 0 Å². The number of aliphatic hydroxyl groups excluding tert-OH is 1. The van der Waals surface area contributed by atoms with Crippen LogP contribution in [0.1, 0.15) is 16.8 Å². The summed E-state index contributed by atoms with van der Waals surface area (Å²) in [7, 11) is -3.90. The summed E-state index contributed by atoms with van der Waals surface area (Å²) < 4.78 is 30.6. The maximum Gasteiger partial charge on any atom is 0.414 e. The topological polar surface area (TPSA) is 96.8 Å². The molecule has 0 unspecified atom stereocenters. The molecule has 2 aliphatic heterocycles. The highest BCUT2D eigenvalue weighted by atomic mass is 35.5. The van der Waals surface area contributed by atoms with E-state index in [1.54, 1.807) is 12.1 Å². The van der Waals surface area contributed by atoms with E-state index in [1.807, 2.05) is 0 Å². The van der Waals surface area contributed by atoms with Gasteiger partial charge in [-0.25, -0.2) is 13.2 Å². The van der Waals surface area contributed by atoms with E-state index < -0.39 is 21.7 Å². The number of benzene rings is 1. The van der Waals surface area contributed by atoms with Gasteiger partial charge in [-0.15, -0.1) is 0 Å². The monoisotopic (exact) mass is 426 g/mol. The lowest BCUT2D eigenvalue weighted by Gasteiger charge is -2.23. The van der Waals surface area contributed by atoms with Gasteiger partial charge in [-0.3, -0.25) is 9.88 Å². The van der Waals surface area contributed by atoms with E-state index in [2.05, 4.69) is 4.98 Å². The molecule has 0 radical (unpaired) electrons. The fraction of sp³-hybridized carbons (Fsp3) is 0.176. The number of anilines is 1. The van der Waals surface area contributed by atoms with Crippen molar-refractivity contribution in [3.8, 4) is 0 Å². The Morgan fingerprint density at radius 3 is 2.70 bits per heavy atom. The van der Waals surface area contributed by atoms with Crippen LogP contribution in [0.5, 0.6) is 0 Å².